The highest BCUT2D eigenvalue weighted by atomic mass is 32.1. The van der Waals surface area contributed by atoms with E-state index < -0.39 is 0 Å². The zero-order chi connectivity index (χ0) is 8.81. The van der Waals surface area contributed by atoms with Gasteiger partial charge in [-0.2, -0.15) is 0 Å². The Morgan fingerprint density at radius 2 is 2.33 bits per heavy atom. The highest BCUT2D eigenvalue weighted by molar-refractivity contribution is 7.12. The summed E-state index contributed by atoms with van der Waals surface area (Å²) in [4.78, 5) is 2.47. The van der Waals surface area contributed by atoms with E-state index in [0.717, 1.165) is 24.3 Å². The van der Waals surface area contributed by atoms with E-state index in [0.29, 0.717) is 0 Å². The molecule has 2 N–H and O–H groups in total. The third kappa shape index (κ3) is 3.08. The lowest BCUT2D eigenvalue weighted by atomic mass is 10.3. The van der Waals surface area contributed by atoms with E-state index in [-0.39, 0.29) is 0 Å². The second kappa shape index (κ2) is 4.97. The van der Waals surface area contributed by atoms with Gasteiger partial charge in [0.15, 0.2) is 0 Å². The quantitative estimate of drug-likeness (QED) is 0.546. The van der Waals surface area contributed by atoms with Crippen LogP contribution in [0.15, 0.2) is 12.1 Å². The van der Waals surface area contributed by atoms with Gasteiger partial charge in [-0.05, 0) is 32.0 Å². The molecular weight excluding hydrogens is 166 g/mol. The van der Waals surface area contributed by atoms with Crippen molar-refractivity contribution in [3.05, 3.63) is 21.9 Å². The summed E-state index contributed by atoms with van der Waals surface area (Å²) in [5.74, 6) is 6.21. The third-order valence-electron chi connectivity index (χ3n) is 1.46. The zero-order valence-electron chi connectivity index (χ0n) is 7.26. The predicted molar refractivity (Wildman–Crippen MR) is 54.2 cm³/mol. The van der Waals surface area contributed by atoms with Crippen LogP contribution >= 0.6 is 11.3 Å². The van der Waals surface area contributed by atoms with Crippen molar-refractivity contribution in [3.8, 4) is 11.8 Å². The van der Waals surface area contributed by atoms with Gasteiger partial charge in [-0.25, -0.2) is 0 Å². The van der Waals surface area contributed by atoms with Gasteiger partial charge in [-0.1, -0.05) is 11.8 Å². The molecule has 0 atom stereocenters. The summed E-state index contributed by atoms with van der Waals surface area (Å²) in [6.07, 6.45) is 1.91. The minimum atomic E-state index is 0.734. The van der Waals surface area contributed by atoms with Crippen molar-refractivity contribution in [1.29, 1.82) is 0 Å². The number of hydrogen-bond donors (Lipinski definition) is 1. The van der Waals surface area contributed by atoms with Gasteiger partial charge in [-0.15, -0.1) is 11.3 Å². The van der Waals surface area contributed by atoms with Gasteiger partial charge in [-0.3, -0.25) is 0 Å². The third-order valence-corrected chi connectivity index (χ3v) is 2.37. The number of aryl methyl sites for hydroxylation is 1. The first-order valence-electron chi connectivity index (χ1n) is 4.08. The maximum Gasteiger partial charge on any atom is 0.0771 e. The van der Waals surface area contributed by atoms with Crippen LogP contribution in [0.3, 0.4) is 0 Å². The summed E-state index contributed by atoms with van der Waals surface area (Å²) >= 11 is 1.74. The number of hydrogen-bond acceptors (Lipinski definition) is 2. The van der Waals surface area contributed by atoms with Crippen LogP contribution in [-0.4, -0.2) is 6.54 Å². The average Bonchev–Trinajstić information content (AvgIpc) is 2.45. The molecule has 0 spiro atoms. The first kappa shape index (κ1) is 9.31. The molecule has 0 saturated carbocycles. The number of rotatable bonds is 2. The molecule has 1 aromatic rings. The molecule has 0 fully saturated rings. The molecule has 0 aromatic carbocycles. The van der Waals surface area contributed by atoms with E-state index in [1.165, 1.54) is 4.88 Å². The van der Waals surface area contributed by atoms with E-state index >= 15 is 0 Å². The molecule has 1 heterocycles. The van der Waals surface area contributed by atoms with Gasteiger partial charge in [0.2, 0.25) is 0 Å². The fourth-order valence-corrected chi connectivity index (χ4v) is 1.58. The molecule has 0 amide bonds. The Bertz CT molecular complexity index is 290. The second-order valence-corrected chi connectivity index (χ2v) is 3.89. The molecule has 0 unspecified atom stereocenters. The molecule has 0 bridgehead atoms. The summed E-state index contributed by atoms with van der Waals surface area (Å²) in [6, 6.07) is 4.16. The van der Waals surface area contributed by atoms with Gasteiger partial charge in [0, 0.05) is 11.3 Å². The fraction of sp³-hybridized carbons (Fsp3) is 0.400. The Labute approximate surface area is 77.6 Å². The molecular formula is C10H13NS. The molecule has 1 rings (SSSR count). The summed E-state index contributed by atoms with van der Waals surface area (Å²) in [6.45, 7) is 2.83. The van der Waals surface area contributed by atoms with Crippen molar-refractivity contribution in [2.75, 3.05) is 6.54 Å². The van der Waals surface area contributed by atoms with Gasteiger partial charge in [0.05, 0.1) is 4.88 Å². The smallest absolute Gasteiger partial charge is 0.0771 e. The van der Waals surface area contributed by atoms with Crippen molar-refractivity contribution in [2.45, 2.75) is 19.8 Å². The largest absolute Gasteiger partial charge is 0.330 e. The van der Waals surface area contributed by atoms with Gasteiger partial charge in [0.25, 0.3) is 0 Å². The van der Waals surface area contributed by atoms with Crippen molar-refractivity contribution in [1.82, 2.24) is 0 Å². The maximum atomic E-state index is 5.35. The molecule has 0 aliphatic rings. The van der Waals surface area contributed by atoms with Crippen LogP contribution in [0, 0.1) is 18.8 Å². The van der Waals surface area contributed by atoms with Crippen LogP contribution in [0.25, 0.3) is 0 Å². The normalized spacial score (nSPS) is 9.17. The maximum absolute atomic E-state index is 5.35. The van der Waals surface area contributed by atoms with E-state index in [9.17, 15) is 0 Å². The van der Waals surface area contributed by atoms with Crippen LogP contribution < -0.4 is 5.73 Å². The Hall–Kier alpha value is -0.780. The molecule has 0 radical (unpaired) electrons. The molecule has 1 nitrogen and oxygen atoms in total. The Morgan fingerprint density at radius 3 is 2.92 bits per heavy atom. The molecule has 0 saturated heterocycles. The molecule has 12 heavy (non-hydrogen) atoms. The van der Waals surface area contributed by atoms with Crippen LogP contribution in [-0.2, 0) is 0 Å². The standard InChI is InChI=1S/C10H13NS/c1-9-6-7-10(12-9)5-3-2-4-8-11/h6-7H,2,4,8,11H2,1H3. The monoisotopic (exact) mass is 179 g/mol. The van der Waals surface area contributed by atoms with Crippen LogP contribution in [0.5, 0.6) is 0 Å². The van der Waals surface area contributed by atoms with E-state index in [4.69, 9.17) is 5.73 Å². The van der Waals surface area contributed by atoms with Crippen molar-refractivity contribution >= 4 is 11.3 Å². The average molecular weight is 179 g/mol. The summed E-state index contributed by atoms with van der Waals surface area (Å²) in [5, 5.41) is 0. The predicted octanol–water partition coefficient (Wildman–Crippen LogP) is 2.15. The minimum absolute atomic E-state index is 0.734. The number of thiophene rings is 1. The highest BCUT2D eigenvalue weighted by Gasteiger charge is 1.89. The van der Waals surface area contributed by atoms with Crippen molar-refractivity contribution in [2.24, 2.45) is 5.73 Å². The molecule has 0 aliphatic heterocycles. The Balaban J connectivity index is 2.43. The van der Waals surface area contributed by atoms with Gasteiger partial charge >= 0.3 is 0 Å². The molecule has 64 valence electrons. The van der Waals surface area contributed by atoms with Gasteiger partial charge in [0.1, 0.15) is 0 Å². The lowest BCUT2D eigenvalue weighted by molar-refractivity contribution is 0.870. The Morgan fingerprint density at radius 1 is 1.50 bits per heavy atom. The van der Waals surface area contributed by atoms with Crippen molar-refractivity contribution in [3.63, 3.8) is 0 Å². The summed E-state index contributed by atoms with van der Waals surface area (Å²) in [5.41, 5.74) is 5.35. The van der Waals surface area contributed by atoms with Gasteiger partial charge < -0.3 is 5.73 Å². The highest BCUT2D eigenvalue weighted by Crippen LogP contribution is 2.13. The summed E-state index contributed by atoms with van der Waals surface area (Å²) in [7, 11) is 0. The molecule has 1 aromatic heterocycles. The minimum Gasteiger partial charge on any atom is -0.330 e. The van der Waals surface area contributed by atoms with Crippen LogP contribution in [0.1, 0.15) is 22.6 Å². The zero-order valence-corrected chi connectivity index (χ0v) is 8.08. The van der Waals surface area contributed by atoms with Crippen molar-refractivity contribution < 1.29 is 0 Å². The number of unbranched alkanes of at least 4 members (excludes halogenated alkanes) is 1. The fourth-order valence-electron chi connectivity index (χ4n) is 0.842. The summed E-state index contributed by atoms with van der Waals surface area (Å²) < 4.78 is 0. The lowest BCUT2D eigenvalue weighted by Crippen LogP contribution is -1.96. The number of nitrogens with two attached hydrogens (primary N) is 1. The second-order valence-electron chi connectivity index (χ2n) is 2.60. The lowest BCUT2D eigenvalue weighted by Gasteiger charge is -1.83. The van der Waals surface area contributed by atoms with Crippen LogP contribution in [0.4, 0.5) is 0 Å². The Kier molecular flexibility index (Phi) is 3.86. The van der Waals surface area contributed by atoms with E-state index in [1.807, 2.05) is 0 Å². The first-order valence-corrected chi connectivity index (χ1v) is 4.90. The van der Waals surface area contributed by atoms with E-state index in [2.05, 4.69) is 30.9 Å². The SMILES string of the molecule is Cc1ccc(C#CCCCN)s1. The van der Waals surface area contributed by atoms with E-state index in [1.54, 1.807) is 11.3 Å². The molecule has 2 heteroatoms. The first-order chi connectivity index (χ1) is 5.83. The van der Waals surface area contributed by atoms with Crippen LogP contribution in [0.2, 0.25) is 0 Å². The molecule has 0 aliphatic carbocycles. The topological polar surface area (TPSA) is 26.0 Å².